The Morgan fingerprint density at radius 1 is 1.38 bits per heavy atom. The van der Waals surface area contributed by atoms with E-state index in [1.807, 2.05) is 0 Å². The van der Waals surface area contributed by atoms with Gasteiger partial charge in [-0.25, -0.2) is 8.78 Å². The second-order valence-corrected chi connectivity index (χ2v) is 4.21. The Labute approximate surface area is 93.7 Å². The summed E-state index contributed by atoms with van der Waals surface area (Å²) >= 11 is 0. The van der Waals surface area contributed by atoms with Crippen molar-refractivity contribution >= 4 is 5.78 Å². The van der Waals surface area contributed by atoms with E-state index < -0.39 is 17.2 Å². The minimum absolute atomic E-state index is 0.0910. The Kier molecular flexibility index (Phi) is 3.75. The Morgan fingerprint density at radius 2 is 2.00 bits per heavy atom. The normalized spacial score (nSPS) is 11.6. The molecule has 1 aromatic rings. The number of ketones is 1. The summed E-state index contributed by atoms with van der Waals surface area (Å²) in [5.74, 6) is -1.27. The number of likely N-dealkylation sites (N-methyl/N-ethyl adjacent to an activating group) is 1. The zero-order valence-electron chi connectivity index (χ0n) is 9.60. The molecule has 0 saturated heterocycles. The third kappa shape index (κ3) is 2.85. The standard InChI is InChI=1S/C12H15F2NO/c1-12(2,15-3)11(16)7-8-6-9(13)4-5-10(8)14/h4-6,15H,7H2,1-3H3. The van der Waals surface area contributed by atoms with Gasteiger partial charge >= 0.3 is 0 Å². The zero-order valence-corrected chi connectivity index (χ0v) is 9.60. The minimum Gasteiger partial charge on any atom is -0.308 e. The lowest BCUT2D eigenvalue weighted by atomic mass is 9.93. The molecule has 0 aromatic heterocycles. The molecule has 0 bridgehead atoms. The van der Waals surface area contributed by atoms with Gasteiger partial charge in [-0.05, 0) is 44.7 Å². The molecule has 16 heavy (non-hydrogen) atoms. The second-order valence-electron chi connectivity index (χ2n) is 4.21. The van der Waals surface area contributed by atoms with Crippen molar-refractivity contribution in [1.82, 2.24) is 5.32 Å². The maximum Gasteiger partial charge on any atom is 0.156 e. The summed E-state index contributed by atoms with van der Waals surface area (Å²) in [6.45, 7) is 3.40. The summed E-state index contributed by atoms with van der Waals surface area (Å²) in [4.78, 5) is 11.8. The maximum atomic E-state index is 13.3. The van der Waals surface area contributed by atoms with E-state index in [1.54, 1.807) is 20.9 Å². The van der Waals surface area contributed by atoms with Crippen LogP contribution in [0.2, 0.25) is 0 Å². The quantitative estimate of drug-likeness (QED) is 0.853. The van der Waals surface area contributed by atoms with Gasteiger partial charge in [0.2, 0.25) is 0 Å². The first-order chi connectivity index (χ1) is 7.36. The largest absolute Gasteiger partial charge is 0.308 e. The van der Waals surface area contributed by atoms with Crippen LogP contribution < -0.4 is 5.32 Å². The molecule has 4 heteroatoms. The van der Waals surface area contributed by atoms with Crippen molar-refractivity contribution < 1.29 is 13.6 Å². The minimum atomic E-state index is -0.737. The zero-order chi connectivity index (χ0) is 12.3. The summed E-state index contributed by atoms with van der Waals surface area (Å²) in [6, 6.07) is 3.12. The van der Waals surface area contributed by atoms with E-state index >= 15 is 0 Å². The number of carbonyl (C=O) groups excluding carboxylic acids is 1. The predicted octanol–water partition coefficient (Wildman–Crippen LogP) is 2.07. The van der Waals surface area contributed by atoms with Crippen LogP contribution in [-0.2, 0) is 11.2 Å². The average Bonchev–Trinajstić information content (AvgIpc) is 2.23. The summed E-state index contributed by atoms with van der Waals surface area (Å²) < 4.78 is 26.2. The van der Waals surface area contributed by atoms with Gasteiger partial charge in [0.25, 0.3) is 0 Å². The molecule has 0 aliphatic heterocycles. The Morgan fingerprint density at radius 3 is 2.56 bits per heavy atom. The molecule has 0 heterocycles. The number of halogens is 2. The van der Waals surface area contributed by atoms with Gasteiger partial charge in [-0.2, -0.15) is 0 Å². The Bertz CT molecular complexity index is 402. The van der Waals surface area contributed by atoms with Crippen LogP contribution in [0.3, 0.4) is 0 Å². The highest BCUT2D eigenvalue weighted by molar-refractivity contribution is 5.89. The first kappa shape index (κ1) is 12.8. The third-order valence-corrected chi connectivity index (χ3v) is 2.68. The van der Waals surface area contributed by atoms with Crippen LogP contribution in [0.4, 0.5) is 8.78 Å². The van der Waals surface area contributed by atoms with Crippen molar-refractivity contribution in [1.29, 1.82) is 0 Å². The molecule has 1 rings (SSSR count). The fraction of sp³-hybridized carbons (Fsp3) is 0.417. The number of Topliss-reactive ketones (excluding diaryl/α,β-unsaturated/α-hetero) is 1. The molecule has 0 unspecified atom stereocenters. The fourth-order valence-corrected chi connectivity index (χ4v) is 1.21. The van der Waals surface area contributed by atoms with Crippen molar-refractivity contribution in [3.63, 3.8) is 0 Å². The van der Waals surface area contributed by atoms with Gasteiger partial charge in [-0.15, -0.1) is 0 Å². The van der Waals surface area contributed by atoms with Crippen LogP contribution in [0.15, 0.2) is 18.2 Å². The van der Waals surface area contributed by atoms with Crippen LogP contribution in [0.5, 0.6) is 0 Å². The molecular formula is C12H15F2NO. The molecule has 0 aliphatic carbocycles. The SMILES string of the molecule is CNC(C)(C)C(=O)Cc1cc(F)ccc1F. The topological polar surface area (TPSA) is 29.1 Å². The molecule has 0 fully saturated rings. The van der Waals surface area contributed by atoms with E-state index in [4.69, 9.17) is 0 Å². The molecule has 0 atom stereocenters. The Balaban J connectivity index is 2.89. The highest BCUT2D eigenvalue weighted by Gasteiger charge is 2.25. The van der Waals surface area contributed by atoms with Crippen LogP contribution in [0.1, 0.15) is 19.4 Å². The van der Waals surface area contributed by atoms with E-state index in [1.165, 1.54) is 0 Å². The average molecular weight is 227 g/mol. The molecule has 0 radical (unpaired) electrons. The van der Waals surface area contributed by atoms with Gasteiger partial charge in [-0.1, -0.05) is 0 Å². The van der Waals surface area contributed by atoms with Gasteiger partial charge in [-0.3, -0.25) is 4.79 Å². The highest BCUT2D eigenvalue weighted by Crippen LogP contribution is 2.14. The first-order valence-corrected chi connectivity index (χ1v) is 5.03. The lowest BCUT2D eigenvalue weighted by Gasteiger charge is -2.22. The third-order valence-electron chi connectivity index (χ3n) is 2.68. The molecule has 2 nitrogen and oxygen atoms in total. The monoisotopic (exact) mass is 227 g/mol. The second kappa shape index (κ2) is 4.70. The van der Waals surface area contributed by atoms with E-state index in [2.05, 4.69) is 5.32 Å². The van der Waals surface area contributed by atoms with E-state index in [-0.39, 0.29) is 17.8 Å². The van der Waals surface area contributed by atoms with E-state index in [9.17, 15) is 13.6 Å². The lowest BCUT2D eigenvalue weighted by Crippen LogP contribution is -2.45. The molecule has 1 aromatic carbocycles. The van der Waals surface area contributed by atoms with Crippen molar-refractivity contribution in [3.8, 4) is 0 Å². The van der Waals surface area contributed by atoms with Gasteiger partial charge in [0.15, 0.2) is 5.78 Å². The van der Waals surface area contributed by atoms with Gasteiger partial charge < -0.3 is 5.32 Å². The van der Waals surface area contributed by atoms with E-state index in [0.29, 0.717) is 0 Å². The lowest BCUT2D eigenvalue weighted by molar-refractivity contribution is -0.123. The van der Waals surface area contributed by atoms with Crippen molar-refractivity contribution in [2.45, 2.75) is 25.8 Å². The van der Waals surface area contributed by atoms with Crippen LogP contribution in [-0.4, -0.2) is 18.4 Å². The summed E-state index contributed by atoms with van der Waals surface area (Å²) in [5, 5.41) is 2.83. The van der Waals surface area contributed by atoms with Crippen LogP contribution in [0, 0.1) is 11.6 Å². The van der Waals surface area contributed by atoms with Crippen LogP contribution in [0.25, 0.3) is 0 Å². The van der Waals surface area contributed by atoms with Gasteiger partial charge in [0.05, 0.1) is 5.54 Å². The summed E-state index contributed by atoms with van der Waals surface area (Å²) in [5.41, 5.74) is -0.646. The predicted molar refractivity (Wildman–Crippen MR) is 58.2 cm³/mol. The van der Waals surface area contributed by atoms with Crippen LogP contribution >= 0.6 is 0 Å². The van der Waals surface area contributed by atoms with Gasteiger partial charge in [0.1, 0.15) is 11.6 Å². The number of hydrogen-bond donors (Lipinski definition) is 1. The molecule has 0 saturated carbocycles. The first-order valence-electron chi connectivity index (χ1n) is 5.03. The number of nitrogens with one attached hydrogen (secondary N) is 1. The highest BCUT2D eigenvalue weighted by atomic mass is 19.1. The van der Waals surface area contributed by atoms with Crippen molar-refractivity contribution in [2.75, 3.05) is 7.05 Å². The van der Waals surface area contributed by atoms with Gasteiger partial charge in [0, 0.05) is 6.42 Å². The Hall–Kier alpha value is -1.29. The molecule has 88 valence electrons. The molecule has 1 N–H and O–H groups in total. The number of benzene rings is 1. The number of rotatable bonds is 4. The molecule has 0 aliphatic rings. The number of hydrogen-bond acceptors (Lipinski definition) is 2. The van der Waals surface area contributed by atoms with Crippen molar-refractivity contribution in [2.24, 2.45) is 0 Å². The fourth-order valence-electron chi connectivity index (χ4n) is 1.21. The molecular weight excluding hydrogens is 212 g/mol. The summed E-state index contributed by atoms with van der Waals surface area (Å²) in [6.07, 6.45) is -0.114. The maximum absolute atomic E-state index is 13.3. The molecule has 0 amide bonds. The van der Waals surface area contributed by atoms with E-state index in [0.717, 1.165) is 18.2 Å². The summed E-state index contributed by atoms with van der Waals surface area (Å²) in [7, 11) is 1.65. The van der Waals surface area contributed by atoms with Crippen molar-refractivity contribution in [3.05, 3.63) is 35.4 Å². The smallest absolute Gasteiger partial charge is 0.156 e. The molecule has 0 spiro atoms. The number of carbonyl (C=O) groups is 1.